The summed E-state index contributed by atoms with van der Waals surface area (Å²) in [5, 5.41) is 5.68. The lowest BCUT2D eigenvalue weighted by atomic mass is 10.2. The lowest BCUT2D eigenvalue weighted by Crippen LogP contribution is -2.46. The highest BCUT2D eigenvalue weighted by atomic mass is 32.1. The lowest BCUT2D eigenvalue weighted by molar-refractivity contribution is 0.0737. The summed E-state index contributed by atoms with van der Waals surface area (Å²) < 4.78 is 0. The molecule has 0 saturated carbocycles. The number of piperazine rings is 1. The van der Waals surface area contributed by atoms with Crippen molar-refractivity contribution in [3.63, 3.8) is 0 Å². The summed E-state index contributed by atoms with van der Waals surface area (Å²) in [5.41, 5.74) is 6.35. The van der Waals surface area contributed by atoms with Crippen LogP contribution in [0, 0.1) is 0 Å². The predicted octanol–water partition coefficient (Wildman–Crippen LogP) is 0.376. The molecule has 4 nitrogen and oxygen atoms in total. The molecular formula is C9H13N3OS. The minimum absolute atomic E-state index is 0.0604. The predicted molar refractivity (Wildman–Crippen MR) is 57.5 cm³/mol. The molecule has 1 aliphatic heterocycles. The average Bonchev–Trinajstić information content (AvgIpc) is 2.65. The fourth-order valence-electron chi connectivity index (χ4n) is 1.54. The summed E-state index contributed by atoms with van der Waals surface area (Å²) in [5.74, 6) is 0.0604. The van der Waals surface area contributed by atoms with Gasteiger partial charge in [0.1, 0.15) is 0 Å². The number of rotatable bonds is 1. The van der Waals surface area contributed by atoms with E-state index in [9.17, 15) is 4.79 Å². The standard InChI is InChI=1S/C9H13N3OS/c10-8-7(1-6-14-8)9(13)12-4-2-11-3-5-12/h1,6,11H,2-5,10H2. The fraction of sp³-hybridized carbons (Fsp3) is 0.444. The Hall–Kier alpha value is -1.07. The number of nitrogen functional groups attached to an aromatic ring is 1. The molecule has 0 bridgehead atoms. The summed E-state index contributed by atoms with van der Waals surface area (Å²) in [6, 6.07) is 1.80. The van der Waals surface area contributed by atoms with E-state index in [4.69, 9.17) is 5.73 Å². The molecule has 0 aromatic carbocycles. The van der Waals surface area contributed by atoms with Gasteiger partial charge < -0.3 is 16.0 Å². The van der Waals surface area contributed by atoms with Gasteiger partial charge in [-0.2, -0.15) is 0 Å². The highest BCUT2D eigenvalue weighted by Crippen LogP contribution is 2.20. The fourth-order valence-corrected chi connectivity index (χ4v) is 2.17. The molecule has 0 unspecified atom stereocenters. The van der Waals surface area contributed by atoms with Gasteiger partial charge >= 0.3 is 0 Å². The summed E-state index contributed by atoms with van der Waals surface area (Å²) in [6.07, 6.45) is 0. The van der Waals surface area contributed by atoms with Crippen molar-refractivity contribution in [1.82, 2.24) is 10.2 Å². The molecule has 1 fully saturated rings. The maximum Gasteiger partial charge on any atom is 0.256 e. The smallest absolute Gasteiger partial charge is 0.256 e. The first-order chi connectivity index (χ1) is 6.79. The number of nitrogens with two attached hydrogens (primary N) is 1. The third-order valence-electron chi connectivity index (χ3n) is 2.33. The number of carbonyl (C=O) groups is 1. The molecule has 14 heavy (non-hydrogen) atoms. The van der Waals surface area contributed by atoms with Gasteiger partial charge in [0.15, 0.2) is 0 Å². The van der Waals surface area contributed by atoms with E-state index in [0.29, 0.717) is 10.6 Å². The molecule has 1 amide bonds. The van der Waals surface area contributed by atoms with Gasteiger partial charge in [-0.05, 0) is 11.4 Å². The molecule has 0 atom stereocenters. The van der Waals surface area contributed by atoms with Crippen molar-refractivity contribution in [3.05, 3.63) is 17.0 Å². The van der Waals surface area contributed by atoms with E-state index in [-0.39, 0.29) is 5.91 Å². The SMILES string of the molecule is Nc1sccc1C(=O)N1CCNCC1. The number of hydrogen-bond donors (Lipinski definition) is 2. The van der Waals surface area contributed by atoms with Crippen molar-refractivity contribution in [2.75, 3.05) is 31.9 Å². The minimum atomic E-state index is 0.0604. The Morgan fingerprint density at radius 2 is 2.21 bits per heavy atom. The third-order valence-corrected chi connectivity index (χ3v) is 3.08. The van der Waals surface area contributed by atoms with Gasteiger partial charge in [-0.3, -0.25) is 4.79 Å². The normalized spacial score (nSPS) is 17.0. The van der Waals surface area contributed by atoms with E-state index in [0.717, 1.165) is 26.2 Å². The summed E-state index contributed by atoms with van der Waals surface area (Å²) in [6.45, 7) is 3.29. The van der Waals surface area contributed by atoms with Crippen LogP contribution in [-0.2, 0) is 0 Å². The number of nitrogens with zero attached hydrogens (tertiary/aromatic N) is 1. The Kier molecular flexibility index (Phi) is 2.69. The van der Waals surface area contributed by atoms with Crippen LogP contribution in [0.25, 0.3) is 0 Å². The van der Waals surface area contributed by atoms with Crippen molar-refractivity contribution in [2.24, 2.45) is 0 Å². The maximum atomic E-state index is 11.9. The lowest BCUT2D eigenvalue weighted by Gasteiger charge is -2.27. The van der Waals surface area contributed by atoms with Crippen molar-refractivity contribution in [2.45, 2.75) is 0 Å². The first-order valence-corrected chi connectivity index (χ1v) is 5.50. The summed E-state index contributed by atoms with van der Waals surface area (Å²) in [7, 11) is 0. The van der Waals surface area contributed by atoms with Crippen LogP contribution in [0.15, 0.2) is 11.4 Å². The van der Waals surface area contributed by atoms with Crippen LogP contribution in [-0.4, -0.2) is 37.0 Å². The Bertz CT molecular complexity index is 331. The van der Waals surface area contributed by atoms with Crippen LogP contribution in [0.2, 0.25) is 0 Å². The molecule has 1 aromatic heterocycles. The number of anilines is 1. The number of amides is 1. The van der Waals surface area contributed by atoms with Gasteiger partial charge in [-0.1, -0.05) is 0 Å². The molecule has 0 radical (unpaired) electrons. The molecule has 1 aliphatic rings. The van der Waals surface area contributed by atoms with E-state index in [1.54, 1.807) is 6.07 Å². The van der Waals surface area contributed by atoms with E-state index in [2.05, 4.69) is 5.32 Å². The van der Waals surface area contributed by atoms with Crippen molar-refractivity contribution in [3.8, 4) is 0 Å². The third kappa shape index (κ3) is 1.73. The highest BCUT2D eigenvalue weighted by Gasteiger charge is 2.19. The number of hydrogen-bond acceptors (Lipinski definition) is 4. The largest absolute Gasteiger partial charge is 0.390 e. The van der Waals surface area contributed by atoms with Gasteiger partial charge in [0.2, 0.25) is 0 Å². The van der Waals surface area contributed by atoms with Crippen LogP contribution in [0.1, 0.15) is 10.4 Å². The van der Waals surface area contributed by atoms with E-state index in [1.807, 2.05) is 10.3 Å². The summed E-state index contributed by atoms with van der Waals surface area (Å²) in [4.78, 5) is 13.7. The van der Waals surface area contributed by atoms with Crippen LogP contribution in [0.5, 0.6) is 0 Å². The Labute approximate surface area is 86.7 Å². The molecule has 76 valence electrons. The van der Waals surface area contributed by atoms with Gasteiger partial charge in [0, 0.05) is 26.2 Å². The van der Waals surface area contributed by atoms with Gasteiger partial charge in [0.25, 0.3) is 5.91 Å². The average molecular weight is 211 g/mol. The zero-order valence-corrected chi connectivity index (χ0v) is 8.64. The van der Waals surface area contributed by atoms with E-state index < -0.39 is 0 Å². The number of thiophene rings is 1. The molecule has 0 spiro atoms. The topological polar surface area (TPSA) is 58.4 Å². The molecule has 2 heterocycles. The first-order valence-electron chi connectivity index (χ1n) is 4.62. The van der Waals surface area contributed by atoms with Crippen LogP contribution in [0.4, 0.5) is 5.00 Å². The van der Waals surface area contributed by atoms with Gasteiger partial charge in [-0.15, -0.1) is 11.3 Å². The quantitative estimate of drug-likeness (QED) is 0.706. The second-order valence-electron chi connectivity index (χ2n) is 3.24. The first kappa shape index (κ1) is 9.48. The Morgan fingerprint density at radius 3 is 2.79 bits per heavy atom. The Balaban J connectivity index is 2.11. The molecule has 0 aliphatic carbocycles. The zero-order chi connectivity index (χ0) is 9.97. The molecule has 5 heteroatoms. The van der Waals surface area contributed by atoms with Gasteiger partial charge in [0.05, 0.1) is 10.6 Å². The van der Waals surface area contributed by atoms with Crippen LogP contribution in [0.3, 0.4) is 0 Å². The molecular weight excluding hydrogens is 198 g/mol. The highest BCUT2D eigenvalue weighted by molar-refractivity contribution is 7.14. The van der Waals surface area contributed by atoms with E-state index >= 15 is 0 Å². The number of nitrogens with one attached hydrogen (secondary N) is 1. The molecule has 1 saturated heterocycles. The zero-order valence-electron chi connectivity index (χ0n) is 7.82. The summed E-state index contributed by atoms with van der Waals surface area (Å²) >= 11 is 1.41. The second kappa shape index (κ2) is 3.98. The van der Waals surface area contributed by atoms with Crippen molar-refractivity contribution >= 4 is 22.2 Å². The van der Waals surface area contributed by atoms with E-state index in [1.165, 1.54) is 11.3 Å². The van der Waals surface area contributed by atoms with Crippen molar-refractivity contribution < 1.29 is 4.79 Å². The van der Waals surface area contributed by atoms with Gasteiger partial charge in [-0.25, -0.2) is 0 Å². The van der Waals surface area contributed by atoms with Crippen LogP contribution < -0.4 is 11.1 Å². The molecule has 3 N–H and O–H groups in total. The minimum Gasteiger partial charge on any atom is -0.390 e. The second-order valence-corrected chi connectivity index (χ2v) is 4.19. The maximum absolute atomic E-state index is 11.9. The molecule has 2 rings (SSSR count). The molecule has 1 aromatic rings. The Morgan fingerprint density at radius 1 is 1.50 bits per heavy atom. The van der Waals surface area contributed by atoms with Crippen LogP contribution >= 0.6 is 11.3 Å². The van der Waals surface area contributed by atoms with Crippen molar-refractivity contribution in [1.29, 1.82) is 0 Å². The monoisotopic (exact) mass is 211 g/mol. The number of carbonyl (C=O) groups excluding carboxylic acids is 1.